The summed E-state index contributed by atoms with van der Waals surface area (Å²) < 4.78 is 102. The van der Waals surface area contributed by atoms with E-state index in [-0.39, 0.29) is 33.4 Å². The quantitative estimate of drug-likeness (QED) is 0.107. The van der Waals surface area contributed by atoms with E-state index in [1.807, 2.05) is 91.4 Å². The minimum Gasteiger partial charge on any atom is -0.458 e. The lowest BCUT2D eigenvalue weighted by molar-refractivity contribution is -0.571. The Kier molecular flexibility index (Phi) is 7.62. The second-order valence-corrected chi connectivity index (χ2v) is 17.6. The smallest absolute Gasteiger partial charge is 0.269 e. The largest absolute Gasteiger partial charge is 0.458 e. The maximum absolute atomic E-state index is 9.06. The van der Waals surface area contributed by atoms with Crippen LogP contribution in [0, 0.1) is 6.33 Å². The molecular formula is C62H47N5O. The lowest BCUT2D eigenvalue weighted by Gasteiger charge is -2.20. The third-order valence-electron chi connectivity index (χ3n) is 12.4. The Bertz CT molecular complexity index is 4260. The molecule has 0 saturated carbocycles. The van der Waals surface area contributed by atoms with Crippen molar-refractivity contribution in [2.75, 3.05) is 0 Å². The third kappa shape index (κ3) is 7.33. The Morgan fingerprint density at radius 2 is 1.24 bits per heavy atom. The fraction of sp³-hybridized carbons (Fsp3) is 0.0645. The maximum atomic E-state index is 9.06. The van der Waals surface area contributed by atoms with E-state index in [1.165, 1.54) is 0 Å². The molecule has 6 nitrogen and oxygen atoms in total. The van der Waals surface area contributed by atoms with Crippen LogP contribution in [0.1, 0.15) is 40.0 Å². The number of nitrogens with zero attached hydrogens (tertiary/aromatic N) is 5. The predicted molar refractivity (Wildman–Crippen MR) is 277 cm³/mol. The number of pyridine rings is 1. The molecule has 0 unspecified atom stereocenters. The van der Waals surface area contributed by atoms with Crippen LogP contribution in [0.3, 0.4) is 0 Å². The second kappa shape index (κ2) is 16.6. The maximum Gasteiger partial charge on any atom is 0.269 e. The molecule has 0 fully saturated rings. The normalized spacial score (nSPS) is 13.8. The summed E-state index contributed by atoms with van der Waals surface area (Å²) in [5.41, 5.74) is 8.19. The van der Waals surface area contributed by atoms with E-state index >= 15 is 0 Å². The highest BCUT2D eigenvalue weighted by Gasteiger charge is 2.22. The summed E-state index contributed by atoms with van der Waals surface area (Å²) in [6.07, 6.45) is 9.37. The van der Waals surface area contributed by atoms with Crippen molar-refractivity contribution in [2.45, 2.75) is 26.2 Å². The minimum absolute atomic E-state index is 0.127. The van der Waals surface area contributed by atoms with Gasteiger partial charge in [0.15, 0.2) is 0 Å². The zero-order valence-electron chi connectivity index (χ0n) is 47.3. The first kappa shape index (κ1) is 31.2. The summed E-state index contributed by atoms with van der Waals surface area (Å²) >= 11 is 0. The molecule has 0 spiro atoms. The highest BCUT2D eigenvalue weighted by Crippen LogP contribution is 2.39. The van der Waals surface area contributed by atoms with Crippen molar-refractivity contribution in [2.24, 2.45) is 0 Å². The fourth-order valence-electron chi connectivity index (χ4n) is 9.03. The van der Waals surface area contributed by atoms with Crippen LogP contribution in [-0.2, 0) is 5.41 Å². The van der Waals surface area contributed by atoms with Gasteiger partial charge in [0.25, 0.3) is 6.33 Å². The lowest BCUT2D eigenvalue weighted by Crippen LogP contribution is -2.31. The summed E-state index contributed by atoms with van der Waals surface area (Å²) in [4.78, 5) is 4.93. The molecule has 0 aliphatic rings. The predicted octanol–water partition coefficient (Wildman–Crippen LogP) is 15.1. The van der Waals surface area contributed by atoms with Crippen LogP contribution in [0.5, 0.6) is 11.5 Å². The number of benzene rings is 8. The van der Waals surface area contributed by atoms with Crippen molar-refractivity contribution in [1.82, 2.24) is 18.7 Å². The molecule has 8 aromatic carbocycles. The van der Waals surface area contributed by atoms with Crippen molar-refractivity contribution >= 4 is 32.8 Å². The van der Waals surface area contributed by atoms with E-state index in [1.54, 1.807) is 27.3 Å². The molecule has 0 N–H and O–H groups in total. The highest BCUT2D eigenvalue weighted by atomic mass is 16.5. The molecule has 4 heterocycles. The molecule has 0 atom stereocenters. The van der Waals surface area contributed by atoms with Gasteiger partial charge in [-0.15, -0.1) is 0 Å². The monoisotopic (exact) mass is 887 g/mol. The molecule has 0 saturated heterocycles. The van der Waals surface area contributed by atoms with Crippen LogP contribution in [0.4, 0.5) is 0 Å². The van der Waals surface area contributed by atoms with Gasteiger partial charge >= 0.3 is 0 Å². The molecule has 12 rings (SSSR count). The van der Waals surface area contributed by atoms with Crippen LogP contribution in [0.15, 0.2) is 231 Å². The van der Waals surface area contributed by atoms with Crippen molar-refractivity contribution in [3.63, 3.8) is 0 Å². The summed E-state index contributed by atoms with van der Waals surface area (Å²) in [6, 6.07) is 43.8. The van der Waals surface area contributed by atoms with Crippen LogP contribution < -0.4 is 9.30 Å². The summed E-state index contributed by atoms with van der Waals surface area (Å²) in [7, 11) is 0. The number of rotatable bonds is 9. The van der Waals surface area contributed by atoms with E-state index in [0.29, 0.717) is 28.2 Å². The molecule has 0 radical (unpaired) electrons. The highest BCUT2D eigenvalue weighted by molar-refractivity contribution is 6.10. The molecule has 0 aliphatic heterocycles. The van der Waals surface area contributed by atoms with E-state index in [0.717, 1.165) is 50.0 Å². The first-order valence-corrected chi connectivity index (χ1v) is 22.3. The summed E-state index contributed by atoms with van der Waals surface area (Å²) in [5, 5.41) is 2.07. The summed E-state index contributed by atoms with van der Waals surface area (Å²) in [5.74, 6) is 1.85. The molecule has 12 aromatic rings. The molecule has 0 amide bonds. The van der Waals surface area contributed by atoms with Crippen LogP contribution in [0.25, 0.3) is 89.1 Å². The molecule has 0 aliphatic carbocycles. The SMILES string of the molecule is [2H]c1c([2H])c([2H])c(-c2cccc(-c3c([2H])c([2H])c([2H])c([2H])c3[2H])c2-[n+]2[c-]n(-c3cccc(Oc4ccc5c6cc(-c7ccc(-n8cccc8)cc7)ccc6n(-c6cc(C(C)(C)C)ccn6)c5c4)c3)c3ccccc32)c([2H])c1[2H]. The van der Waals surface area contributed by atoms with Gasteiger partial charge < -0.3 is 9.30 Å². The van der Waals surface area contributed by atoms with E-state index in [2.05, 4.69) is 96.9 Å². The van der Waals surface area contributed by atoms with Crippen molar-refractivity contribution in [3.05, 3.63) is 243 Å². The standard InChI is InChI=1S/C62H47N5O/c1-62(2,3)47-34-35-63-60(39-47)67-56-33-28-46(43-26-29-48(30-27-43)64-36-12-13-37-64)38-55(56)54-32-31-51(41-59(54)67)68-50-21-14-20-49(40-50)65-42-66(58-25-11-10-24-57(58)65)61-52(44-16-6-4-7-17-44)22-15-23-53(61)45-18-8-5-9-19-45/h4-41H,1-3H3/i4D,5D,6D,7D,8D,9D,16D,17D,18D,19D. The van der Waals surface area contributed by atoms with Crippen LogP contribution in [0.2, 0.25) is 0 Å². The number of ether oxygens (including phenoxy) is 1. The summed E-state index contributed by atoms with van der Waals surface area (Å²) in [6.45, 7) is 6.56. The first-order valence-electron chi connectivity index (χ1n) is 27.3. The fourth-order valence-corrected chi connectivity index (χ4v) is 9.03. The topological polar surface area (TPSA) is 40.8 Å². The van der Waals surface area contributed by atoms with Gasteiger partial charge in [-0.3, -0.25) is 13.7 Å². The average Bonchev–Trinajstić information content (AvgIpc) is 4.21. The van der Waals surface area contributed by atoms with Gasteiger partial charge in [0.1, 0.15) is 17.3 Å². The van der Waals surface area contributed by atoms with E-state index < -0.39 is 60.4 Å². The van der Waals surface area contributed by atoms with Gasteiger partial charge in [-0.25, -0.2) is 4.98 Å². The van der Waals surface area contributed by atoms with Gasteiger partial charge in [-0.05, 0) is 123 Å². The van der Waals surface area contributed by atoms with E-state index in [4.69, 9.17) is 23.4 Å². The minimum atomic E-state index is -0.569. The Morgan fingerprint density at radius 3 is 1.97 bits per heavy atom. The lowest BCUT2D eigenvalue weighted by atomic mass is 9.88. The molecule has 0 bridgehead atoms. The third-order valence-corrected chi connectivity index (χ3v) is 12.4. The van der Waals surface area contributed by atoms with Crippen molar-refractivity contribution < 1.29 is 23.0 Å². The number of fused-ring (bicyclic) bond motifs is 4. The van der Waals surface area contributed by atoms with Crippen molar-refractivity contribution in [3.8, 4) is 67.8 Å². The van der Waals surface area contributed by atoms with Gasteiger partial charge in [0, 0.05) is 41.1 Å². The molecule has 68 heavy (non-hydrogen) atoms. The zero-order valence-corrected chi connectivity index (χ0v) is 37.3. The second-order valence-electron chi connectivity index (χ2n) is 17.6. The number of hydrogen-bond acceptors (Lipinski definition) is 2. The average molecular weight is 888 g/mol. The zero-order chi connectivity index (χ0) is 54.5. The van der Waals surface area contributed by atoms with Gasteiger partial charge in [0.2, 0.25) is 0 Å². The van der Waals surface area contributed by atoms with Crippen LogP contribution in [-0.4, -0.2) is 18.7 Å². The Morgan fingerprint density at radius 1 is 0.544 bits per heavy atom. The Hall–Kier alpha value is -8.74. The number of hydrogen-bond donors (Lipinski definition) is 0. The molecular weight excluding hydrogens is 831 g/mol. The number of imidazole rings is 1. The van der Waals surface area contributed by atoms with Gasteiger partial charge in [-0.1, -0.05) is 148 Å². The molecule has 6 heteroatoms. The van der Waals surface area contributed by atoms with Gasteiger partial charge in [0.05, 0.1) is 47.1 Å². The van der Waals surface area contributed by atoms with Gasteiger partial charge in [-0.2, -0.15) is 0 Å². The van der Waals surface area contributed by atoms with Crippen molar-refractivity contribution in [1.29, 1.82) is 0 Å². The van der Waals surface area contributed by atoms with Crippen LogP contribution >= 0.6 is 0 Å². The molecule has 326 valence electrons. The first-order chi connectivity index (χ1) is 37.5. The number of aromatic nitrogens is 5. The van der Waals surface area contributed by atoms with E-state index in [9.17, 15) is 0 Å². The molecule has 4 aromatic heterocycles. The number of para-hydroxylation sites is 3. The Labute approximate surface area is 409 Å². The Balaban J connectivity index is 0.995.